The average Bonchev–Trinajstić information content (AvgIpc) is 3.36. The van der Waals surface area contributed by atoms with Crippen LogP contribution in [0.15, 0.2) is 60.8 Å². The van der Waals surface area contributed by atoms with E-state index in [-0.39, 0.29) is 41.8 Å². The summed E-state index contributed by atoms with van der Waals surface area (Å²) in [5.41, 5.74) is 3.68. The van der Waals surface area contributed by atoms with Crippen LogP contribution in [0.1, 0.15) is 54.0 Å². The number of aromatic hydroxyl groups is 2. The lowest BCUT2D eigenvalue weighted by Crippen LogP contribution is -2.28. The molecule has 4 rings (SSSR count). The molecule has 7 heteroatoms. The third-order valence-electron chi connectivity index (χ3n) is 7.00. The number of hydrogen-bond donors (Lipinski definition) is 4. The number of aromatic amines is 1. The number of aliphatic hydroxyl groups is 1. The van der Waals surface area contributed by atoms with Crippen LogP contribution in [-0.2, 0) is 22.4 Å². The molecule has 3 unspecified atom stereocenters. The van der Waals surface area contributed by atoms with E-state index in [1.807, 2.05) is 30.5 Å². The number of ether oxygens (including phenoxy) is 1. The molecule has 0 spiro atoms. The van der Waals surface area contributed by atoms with Crippen molar-refractivity contribution >= 4 is 17.6 Å². The molecule has 0 fully saturated rings. The maximum absolute atomic E-state index is 13.3. The predicted octanol–water partition coefficient (Wildman–Crippen LogP) is 4.71. The average molecular weight is 504 g/mol. The fourth-order valence-corrected chi connectivity index (χ4v) is 5.01. The lowest BCUT2D eigenvalue weighted by Gasteiger charge is -2.29. The van der Waals surface area contributed by atoms with Crippen molar-refractivity contribution in [2.75, 3.05) is 7.11 Å². The highest BCUT2D eigenvalue weighted by atomic mass is 16.5. The first-order valence-electron chi connectivity index (χ1n) is 12.6. The van der Waals surface area contributed by atoms with E-state index in [0.717, 1.165) is 22.4 Å². The van der Waals surface area contributed by atoms with Gasteiger partial charge in [-0.05, 0) is 78.8 Å². The van der Waals surface area contributed by atoms with Gasteiger partial charge in [-0.25, -0.2) is 0 Å². The van der Waals surface area contributed by atoms with E-state index in [4.69, 9.17) is 4.74 Å². The number of ketones is 2. The minimum Gasteiger partial charge on any atom is -0.508 e. The van der Waals surface area contributed by atoms with Gasteiger partial charge in [-0.2, -0.15) is 0 Å². The Hall–Kier alpha value is -3.84. The molecule has 0 saturated carbocycles. The third-order valence-corrected chi connectivity index (χ3v) is 7.00. The van der Waals surface area contributed by atoms with Crippen LogP contribution in [0, 0.1) is 5.92 Å². The molecule has 0 amide bonds. The largest absolute Gasteiger partial charge is 0.508 e. The molecule has 1 aromatic heterocycles. The fraction of sp³-hybridized carbons (Fsp3) is 0.333. The van der Waals surface area contributed by atoms with Crippen molar-refractivity contribution < 1.29 is 29.6 Å². The van der Waals surface area contributed by atoms with E-state index in [0.29, 0.717) is 31.4 Å². The molecule has 1 aliphatic carbocycles. The number of carbonyl (C=O) groups excluding carboxylic acids is 2. The molecule has 3 atom stereocenters. The highest BCUT2D eigenvalue weighted by Crippen LogP contribution is 2.39. The molecule has 1 aliphatic rings. The highest BCUT2D eigenvalue weighted by Gasteiger charge is 2.34. The number of nitrogens with one attached hydrogen (secondary N) is 1. The summed E-state index contributed by atoms with van der Waals surface area (Å²) in [7, 11) is 1.47. The molecule has 194 valence electrons. The quantitative estimate of drug-likeness (QED) is 0.266. The lowest BCUT2D eigenvalue weighted by molar-refractivity contribution is -0.128. The second-order valence-electron chi connectivity index (χ2n) is 9.62. The van der Waals surface area contributed by atoms with Crippen molar-refractivity contribution in [3.05, 3.63) is 83.2 Å². The van der Waals surface area contributed by atoms with Gasteiger partial charge in [0.15, 0.2) is 11.5 Å². The van der Waals surface area contributed by atoms with Gasteiger partial charge in [-0.1, -0.05) is 24.3 Å². The van der Waals surface area contributed by atoms with E-state index in [9.17, 15) is 24.9 Å². The first kappa shape index (κ1) is 26.2. The minimum absolute atomic E-state index is 0.0381. The van der Waals surface area contributed by atoms with Crippen LogP contribution in [0.2, 0.25) is 0 Å². The van der Waals surface area contributed by atoms with Crippen molar-refractivity contribution in [3.63, 3.8) is 0 Å². The van der Waals surface area contributed by atoms with Gasteiger partial charge in [0.2, 0.25) is 0 Å². The van der Waals surface area contributed by atoms with Crippen LogP contribution in [0.25, 0.3) is 6.08 Å². The Morgan fingerprint density at radius 1 is 1.05 bits per heavy atom. The Morgan fingerprint density at radius 3 is 2.65 bits per heavy atom. The number of allylic oxidation sites excluding steroid dienone is 1. The summed E-state index contributed by atoms with van der Waals surface area (Å²) in [6, 6.07) is 13.9. The number of Topliss-reactive ketones (excluding diaryl/α,β-unsaturated/α-hetero) is 2. The zero-order chi connectivity index (χ0) is 26.4. The zero-order valence-electron chi connectivity index (χ0n) is 20.9. The van der Waals surface area contributed by atoms with E-state index in [1.165, 1.54) is 13.2 Å². The molecule has 0 radical (unpaired) electrons. The number of phenols is 2. The monoisotopic (exact) mass is 503 g/mol. The van der Waals surface area contributed by atoms with Gasteiger partial charge in [-0.15, -0.1) is 0 Å². The SMILES string of the molecule is COc1cc(CCC(=O)CC(=O)C2C=Cc3[nH]ccc3C2CC(O)CCc2cccc(O)c2)ccc1O. The lowest BCUT2D eigenvalue weighted by atomic mass is 9.75. The van der Waals surface area contributed by atoms with Crippen molar-refractivity contribution in [3.8, 4) is 17.2 Å². The first-order valence-corrected chi connectivity index (χ1v) is 12.6. The number of phenolic OH excluding ortho intramolecular Hbond substituents is 2. The number of H-pyrrole nitrogens is 1. The smallest absolute Gasteiger partial charge is 0.160 e. The molecule has 0 saturated heterocycles. The number of aromatic nitrogens is 1. The van der Waals surface area contributed by atoms with Crippen LogP contribution in [-0.4, -0.2) is 45.1 Å². The number of hydrogen-bond acceptors (Lipinski definition) is 6. The van der Waals surface area contributed by atoms with E-state index in [2.05, 4.69) is 4.98 Å². The van der Waals surface area contributed by atoms with Gasteiger partial charge in [0.25, 0.3) is 0 Å². The Bertz CT molecular complexity index is 1280. The summed E-state index contributed by atoms with van der Waals surface area (Å²) in [6.45, 7) is 0. The summed E-state index contributed by atoms with van der Waals surface area (Å²) < 4.78 is 5.12. The maximum atomic E-state index is 13.3. The highest BCUT2D eigenvalue weighted by molar-refractivity contribution is 6.01. The summed E-state index contributed by atoms with van der Waals surface area (Å²) in [4.78, 5) is 29.1. The van der Waals surface area contributed by atoms with Gasteiger partial charge >= 0.3 is 0 Å². The summed E-state index contributed by atoms with van der Waals surface area (Å²) in [5, 5.41) is 30.3. The van der Waals surface area contributed by atoms with Crippen molar-refractivity contribution in [2.45, 2.75) is 50.5 Å². The minimum atomic E-state index is -0.642. The van der Waals surface area contributed by atoms with E-state index in [1.54, 1.807) is 30.3 Å². The Kier molecular flexibility index (Phi) is 8.46. The van der Waals surface area contributed by atoms with Crippen LogP contribution in [0.3, 0.4) is 0 Å². The standard InChI is InChI=1S/C30H33NO6/c1-37-30-16-20(7-12-28(30)35)6-9-23(34)18-29(36)25-10-11-27-24(13-14-31-27)26(25)17-22(33)8-5-19-3-2-4-21(32)15-19/h2-4,7,10-16,22,25-26,31-33,35H,5-6,8-9,17-18H2,1H3. The van der Waals surface area contributed by atoms with Gasteiger partial charge in [0.1, 0.15) is 17.3 Å². The Morgan fingerprint density at radius 2 is 1.86 bits per heavy atom. The topological polar surface area (TPSA) is 120 Å². The van der Waals surface area contributed by atoms with Gasteiger partial charge < -0.3 is 25.0 Å². The number of carbonyl (C=O) groups is 2. The van der Waals surface area contributed by atoms with Gasteiger partial charge in [-0.3, -0.25) is 9.59 Å². The molecule has 0 bridgehead atoms. The second-order valence-corrected chi connectivity index (χ2v) is 9.62. The summed E-state index contributed by atoms with van der Waals surface area (Å²) in [5.74, 6) is -0.433. The molecule has 3 aromatic rings. The normalized spacial score (nSPS) is 17.2. The van der Waals surface area contributed by atoms with Crippen molar-refractivity contribution in [1.29, 1.82) is 0 Å². The van der Waals surface area contributed by atoms with Crippen LogP contribution in [0.4, 0.5) is 0 Å². The predicted molar refractivity (Wildman–Crippen MR) is 141 cm³/mol. The van der Waals surface area contributed by atoms with Crippen LogP contribution >= 0.6 is 0 Å². The Labute approximate surface area is 216 Å². The van der Waals surface area contributed by atoms with E-state index < -0.39 is 12.0 Å². The molecule has 4 N–H and O–H groups in total. The van der Waals surface area contributed by atoms with Gasteiger partial charge in [0.05, 0.1) is 19.6 Å². The zero-order valence-corrected chi connectivity index (χ0v) is 20.9. The number of methoxy groups -OCH3 is 1. The molecule has 7 nitrogen and oxygen atoms in total. The number of aliphatic hydroxyl groups excluding tert-OH is 1. The first-order chi connectivity index (χ1) is 17.8. The molecule has 2 aromatic carbocycles. The number of benzene rings is 2. The second kappa shape index (κ2) is 11.9. The number of aryl methyl sites for hydroxylation is 2. The number of rotatable bonds is 12. The van der Waals surface area contributed by atoms with Crippen LogP contribution < -0.4 is 4.74 Å². The maximum Gasteiger partial charge on any atom is 0.160 e. The molecular weight excluding hydrogens is 470 g/mol. The Balaban J connectivity index is 1.37. The van der Waals surface area contributed by atoms with E-state index >= 15 is 0 Å². The fourth-order valence-electron chi connectivity index (χ4n) is 5.01. The molecule has 0 aliphatic heterocycles. The van der Waals surface area contributed by atoms with Crippen molar-refractivity contribution in [1.82, 2.24) is 4.98 Å². The van der Waals surface area contributed by atoms with Gasteiger partial charge in [0, 0.05) is 30.1 Å². The summed E-state index contributed by atoms with van der Waals surface area (Å²) in [6.07, 6.45) is 6.89. The molecule has 37 heavy (non-hydrogen) atoms. The third kappa shape index (κ3) is 6.68. The molecular formula is C30H33NO6. The van der Waals surface area contributed by atoms with Crippen molar-refractivity contribution in [2.24, 2.45) is 5.92 Å². The van der Waals surface area contributed by atoms with Crippen LogP contribution in [0.5, 0.6) is 17.2 Å². The summed E-state index contributed by atoms with van der Waals surface area (Å²) >= 11 is 0. The number of fused-ring (bicyclic) bond motifs is 1. The molecule has 1 heterocycles.